The van der Waals surface area contributed by atoms with Crippen LogP contribution in [0.1, 0.15) is 6.92 Å². The highest BCUT2D eigenvalue weighted by molar-refractivity contribution is 5.77. The van der Waals surface area contributed by atoms with Crippen LogP contribution in [0.4, 0.5) is 17.1 Å². The third kappa shape index (κ3) is 4.74. The zero-order chi connectivity index (χ0) is 22.5. The second-order valence-electron chi connectivity index (χ2n) is 8.06. The minimum atomic E-state index is 0.633. The van der Waals surface area contributed by atoms with Crippen LogP contribution in [-0.2, 0) is 0 Å². The maximum atomic E-state index is 5.57. The summed E-state index contributed by atoms with van der Waals surface area (Å²) in [5, 5.41) is 0. The highest BCUT2D eigenvalue weighted by atomic mass is 16.5. The third-order valence-electron chi connectivity index (χ3n) is 5.85. The van der Waals surface area contributed by atoms with E-state index in [0.29, 0.717) is 12.5 Å². The molecule has 0 saturated carbocycles. The van der Waals surface area contributed by atoms with E-state index < -0.39 is 0 Å². The van der Waals surface area contributed by atoms with Gasteiger partial charge in [0.15, 0.2) is 0 Å². The third-order valence-corrected chi connectivity index (χ3v) is 5.85. The summed E-state index contributed by atoms with van der Waals surface area (Å²) in [6.45, 7) is 6.48. The van der Waals surface area contributed by atoms with E-state index in [1.807, 2.05) is 39.2 Å². The lowest BCUT2D eigenvalue weighted by molar-refractivity contribution is 0.340. The predicted molar refractivity (Wildman–Crippen MR) is 133 cm³/mol. The number of ether oxygens (including phenoxy) is 2. The number of aromatic nitrogens is 1. The van der Waals surface area contributed by atoms with Gasteiger partial charge in [0.1, 0.15) is 5.75 Å². The van der Waals surface area contributed by atoms with Crippen molar-refractivity contribution in [2.45, 2.75) is 6.92 Å². The van der Waals surface area contributed by atoms with Crippen LogP contribution in [0, 0.1) is 0 Å². The molecule has 0 amide bonds. The van der Waals surface area contributed by atoms with Crippen molar-refractivity contribution in [1.29, 1.82) is 0 Å². The van der Waals surface area contributed by atoms with Gasteiger partial charge in [0.2, 0.25) is 5.88 Å². The molecule has 0 radical (unpaired) electrons. The molecule has 0 aliphatic carbocycles. The van der Waals surface area contributed by atoms with E-state index in [-0.39, 0.29) is 0 Å². The lowest BCUT2D eigenvalue weighted by Gasteiger charge is -2.38. The summed E-state index contributed by atoms with van der Waals surface area (Å²) >= 11 is 0. The van der Waals surface area contributed by atoms with Crippen LogP contribution in [-0.4, -0.2) is 59.0 Å². The summed E-state index contributed by atoms with van der Waals surface area (Å²) in [4.78, 5) is 11.8. The zero-order valence-corrected chi connectivity index (χ0v) is 19.4. The second-order valence-corrected chi connectivity index (χ2v) is 8.06. The van der Waals surface area contributed by atoms with Crippen LogP contribution in [0.25, 0.3) is 11.3 Å². The van der Waals surface area contributed by atoms with Crippen molar-refractivity contribution in [3.8, 4) is 22.9 Å². The molecular formula is C26H32N4O2. The number of rotatable bonds is 7. The average Bonchev–Trinajstić information content (AvgIpc) is 2.84. The first kappa shape index (κ1) is 21.8. The van der Waals surface area contributed by atoms with Crippen LogP contribution < -0.4 is 24.2 Å². The molecule has 0 unspecified atom stereocenters. The number of pyridine rings is 1. The lowest BCUT2D eigenvalue weighted by Crippen LogP contribution is -2.46. The second kappa shape index (κ2) is 9.81. The quantitative estimate of drug-likeness (QED) is 0.546. The molecule has 0 spiro atoms. The van der Waals surface area contributed by atoms with E-state index in [9.17, 15) is 0 Å². The van der Waals surface area contributed by atoms with Gasteiger partial charge in [-0.15, -0.1) is 0 Å². The van der Waals surface area contributed by atoms with E-state index in [4.69, 9.17) is 14.5 Å². The Bertz CT molecular complexity index is 1010. The Kier molecular flexibility index (Phi) is 6.69. The number of hydrogen-bond acceptors (Lipinski definition) is 6. The summed E-state index contributed by atoms with van der Waals surface area (Å²) in [6.07, 6.45) is 0. The van der Waals surface area contributed by atoms with Gasteiger partial charge in [0.05, 0.1) is 25.1 Å². The van der Waals surface area contributed by atoms with Crippen LogP contribution in [0.2, 0.25) is 0 Å². The molecule has 1 saturated heterocycles. The van der Waals surface area contributed by atoms with Crippen LogP contribution in [0.15, 0.2) is 60.7 Å². The van der Waals surface area contributed by atoms with Gasteiger partial charge in [-0.2, -0.15) is 0 Å². The molecule has 32 heavy (non-hydrogen) atoms. The van der Waals surface area contributed by atoms with Crippen LogP contribution in [0.5, 0.6) is 11.6 Å². The van der Waals surface area contributed by atoms with E-state index in [1.165, 1.54) is 11.4 Å². The molecule has 4 rings (SSSR count). The van der Waals surface area contributed by atoms with Crippen molar-refractivity contribution in [1.82, 2.24) is 4.98 Å². The lowest BCUT2D eigenvalue weighted by atomic mass is 10.1. The molecule has 6 heteroatoms. The Balaban J connectivity index is 1.52. The van der Waals surface area contributed by atoms with Crippen molar-refractivity contribution in [2.75, 3.05) is 68.7 Å². The average molecular weight is 433 g/mol. The Hall–Kier alpha value is -3.41. The van der Waals surface area contributed by atoms with E-state index in [0.717, 1.165) is 48.9 Å². The van der Waals surface area contributed by atoms with Crippen LogP contribution in [0.3, 0.4) is 0 Å². The molecular weight excluding hydrogens is 400 g/mol. The molecule has 6 nitrogen and oxygen atoms in total. The molecule has 1 fully saturated rings. The smallest absolute Gasteiger partial charge is 0.213 e. The predicted octanol–water partition coefficient (Wildman–Crippen LogP) is 4.55. The first-order valence-electron chi connectivity index (χ1n) is 11.1. The number of methoxy groups -OCH3 is 1. The van der Waals surface area contributed by atoms with Gasteiger partial charge in [-0.3, -0.25) is 0 Å². The number of anilines is 3. The van der Waals surface area contributed by atoms with Crippen molar-refractivity contribution >= 4 is 17.1 Å². The van der Waals surface area contributed by atoms with Crippen molar-refractivity contribution in [2.24, 2.45) is 0 Å². The Morgan fingerprint density at radius 3 is 2.09 bits per heavy atom. The Labute approximate surface area is 191 Å². The van der Waals surface area contributed by atoms with E-state index >= 15 is 0 Å². The Morgan fingerprint density at radius 1 is 0.844 bits per heavy atom. The van der Waals surface area contributed by atoms with Gasteiger partial charge in [0.25, 0.3) is 0 Å². The number of nitrogens with zero attached hydrogens (tertiary/aromatic N) is 4. The van der Waals surface area contributed by atoms with Crippen LogP contribution >= 0.6 is 0 Å². The topological polar surface area (TPSA) is 41.1 Å². The SMILES string of the molecule is CCOc1ccc(N2CCN(c3ccc(OC)nc3-c3ccc(N(C)C)cc3)CC2)cc1. The standard InChI is InChI=1S/C26H32N4O2/c1-5-32-23-12-10-22(11-13-23)29-16-18-30(19-17-29)24-14-15-25(31-4)27-26(24)20-6-8-21(9-7-20)28(2)3/h6-15H,5,16-19H2,1-4H3. The van der Waals surface area contributed by atoms with Gasteiger partial charge in [-0.25, -0.2) is 4.98 Å². The molecule has 1 aliphatic heterocycles. The molecule has 0 bridgehead atoms. The first-order valence-corrected chi connectivity index (χ1v) is 11.1. The molecule has 2 aromatic carbocycles. The summed E-state index contributed by atoms with van der Waals surface area (Å²) in [6, 6.07) is 21.0. The normalized spacial score (nSPS) is 13.8. The van der Waals surface area contributed by atoms with Gasteiger partial charge in [0, 0.05) is 63.3 Å². The van der Waals surface area contributed by atoms with E-state index in [1.54, 1.807) is 7.11 Å². The largest absolute Gasteiger partial charge is 0.494 e. The maximum absolute atomic E-state index is 5.57. The summed E-state index contributed by atoms with van der Waals surface area (Å²) in [5.41, 5.74) is 5.61. The molecule has 168 valence electrons. The molecule has 0 N–H and O–H groups in total. The summed E-state index contributed by atoms with van der Waals surface area (Å²) < 4.78 is 11.0. The molecule has 1 aliphatic rings. The highest BCUT2D eigenvalue weighted by Crippen LogP contribution is 2.33. The molecule has 3 aromatic rings. The fraction of sp³-hybridized carbons (Fsp3) is 0.346. The van der Waals surface area contributed by atoms with Gasteiger partial charge >= 0.3 is 0 Å². The summed E-state index contributed by atoms with van der Waals surface area (Å²) in [5.74, 6) is 1.55. The molecule has 2 heterocycles. The minimum Gasteiger partial charge on any atom is -0.494 e. The molecule has 1 aromatic heterocycles. The minimum absolute atomic E-state index is 0.633. The van der Waals surface area contributed by atoms with Gasteiger partial charge < -0.3 is 24.2 Å². The van der Waals surface area contributed by atoms with Crippen molar-refractivity contribution in [3.63, 3.8) is 0 Å². The summed E-state index contributed by atoms with van der Waals surface area (Å²) in [7, 11) is 5.76. The zero-order valence-electron chi connectivity index (χ0n) is 19.4. The first-order chi connectivity index (χ1) is 15.6. The van der Waals surface area contributed by atoms with Gasteiger partial charge in [-0.1, -0.05) is 12.1 Å². The highest BCUT2D eigenvalue weighted by Gasteiger charge is 2.21. The molecule has 0 atom stereocenters. The maximum Gasteiger partial charge on any atom is 0.213 e. The van der Waals surface area contributed by atoms with E-state index in [2.05, 4.69) is 57.2 Å². The Morgan fingerprint density at radius 2 is 1.50 bits per heavy atom. The fourth-order valence-electron chi connectivity index (χ4n) is 4.06. The number of piperazine rings is 1. The number of benzene rings is 2. The van der Waals surface area contributed by atoms with Crippen molar-refractivity contribution < 1.29 is 9.47 Å². The van der Waals surface area contributed by atoms with Crippen molar-refractivity contribution in [3.05, 3.63) is 60.7 Å². The fourth-order valence-corrected chi connectivity index (χ4v) is 4.06. The number of hydrogen-bond donors (Lipinski definition) is 0. The van der Waals surface area contributed by atoms with Gasteiger partial charge in [-0.05, 0) is 49.4 Å². The monoisotopic (exact) mass is 432 g/mol.